The van der Waals surface area contributed by atoms with Crippen LogP contribution in [0.4, 0.5) is 0 Å². The summed E-state index contributed by atoms with van der Waals surface area (Å²) in [6.45, 7) is 5.63. The molecule has 1 aliphatic rings. The van der Waals surface area contributed by atoms with E-state index in [4.69, 9.17) is 0 Å². The normalized spacial score (nSPS) is 18.8. The molecule has 0 aliphatic carbocycles. The molecule has 5 heteroatoms. The zero-order valence-corrected chi connectivity index (χ0v) is 12.0. The highest BCUT2D eigenvalue weighted by Gasteiger charge is 2.21. The third kappa shape index (κ3) is 3.93. The SMILES string of the molecule is CCCN(CC1CCCNC1)C(=O)c1cc[nH]c(=O)c1. The average molecular weight is 277 g/mol. The van der Waals surface area contributed by atoms with Gasteiger partial charge in [-0.25, -0.2) is 0 Å². The van der Waals surface area contributed by atoms with Crippen LogP contribution in [-0.4, -0.2) is 42.0 Å². The van der Waals surface area contributed by atoms with Gasteiger partial charge in [-0.05, 0) is 44.3 Å². The Bertz CT molecular complexity index is 492. The lowest BCUT2D eigenvalue weighted by molar-refractivity contribution is 0.0718. The lowest BCUT2D eigenvalue weighted by atomic mass is 9.98. The van der Waals surface area contributed by atoms with Crippen LogP contribution in [0.2, 0.25) is 0 Å². The number of aromatic nitrogens is 1. The molecular weight excluding hydrogens is 254 g/mol. The van der Waals surface area contributed by atoms with Gasteiger partial charge in [-0.1, -0.05) is 6.92 Å². The topological polar surface area (TPSA) is 65.2 Å². The fourth-order valence-corrected chi connectivity index (χ4v) is 2.70. The lowest BCUT2D eigenvalue weighted by Gasteiger charge is -2.30. The first-order valence-corrected chi connectivity index (χ1v) is 7.39. The second-order valence-corrected chi connectivity index (χ2v) is 5.41. The van der Waals surface area contributed by atoms with Gasteiger partial charge in [-0.15, -0.1) is 0 Å². The van der Waals surface area contributed by atoms with E-state index >= 15 is 0 Å². The van der Waals surface area contributed by atoms with Crippen LogP contribution in [-0.2, 0) is 0 Å². The molecule has 2 N–H and O–H groups in total. The predicted molar refractivity (Wildman–Crippen MR) is 78.9 cm³/mol. The summed E-state index contributed by atoms with van der Waals surface area (Å²) >= 11 is 0. The quantitative estimate of drug-likeness (QED) is 0.850. The van der Waals surface area contributed by atoms with Crippen molar-refractivity contribution in [3.63, 3.8) is 0 Å². The van der Waals surface area contributed by atoms with Crippen LogP contribution in [0, 0.1) is 5.92 Å². The van der Waals surface area contributed by atoms with Gasteiger partial charge < -0.3 is 15.2 Å². The van der Waals surface area contributed by atoms with Crippen molar-refractivity contribution in [1.82, 2.24) is 15.2 Å². The Morgan fingerprint density at radius 2 is 2.35 bits per heavy atom. The number of carbonyl (C=O) groups is 1. The molecule has 1 aromatic heterocycles. The number of hydrogen-bond acceptors (Lipinski definition) is 3. The Hall–Kier alpha value is -1.62. The summed E-state index contributed by atoms with van der Waals surface area (Å²) in [5, 5.41) is 3.38. The molecule has 1 aliphatic heterocycles. The summed E-state index contributed by atoms with van der Waals surface area (Å²) in [4.78, 5) is 28.3. The highest BCUT2D eigenvalue weighted by atomic mass is 16.2. The van der Waals surface area contributed by atoms with Gasteiger partial charge >= 0.3 is 0 Å². The number of carbonyl (C=O) groups excluding carboxylic acids is 1. The highest BCUT2D eigenvalue weighted by Crippen LogP contribution is 2.14. The van der Waals surface area contributed by atoms with Crippen molar-refractivity contribution >= 4 is 5.91 Å². The summed E-state index contributed by atoms with van der Waals surface area (Å²) in [5.41, 5.74) is 0.248. The molecule has 1 aromatic rings. The summed E-state index contributed by atoms with van der Waals surface area (Å²) in [5.74, 6) is 0.477. The summed E-state index contributed by atoms with van der Waals surface area (Å²) in [7, 11) is 0. The maximum atomic E-state index is 12.5. The van der Waals surface area contributed by atoms with Crippen molar-refractivity contribution in [3.05, 3.63) is 34.2 Å². The molecule has 0 spiro atoms. The van der Waals surface area contributed by atoms with Crippen LogP contribution in [0.1, 0.15) is 36.5 Å². The Labute approximate surface area is 119 Å². The van der Waals surface area contributed by atoms with Crippen LogP contribution in [0.5, 0.6) is 0 Å². The number of piperidine rings is 1. The van der Waals surface area contributed by atoms with Crippen molar-refractivity contribution in [2.45, 2.75) is 26.2 Å². The van der Waals surface area contributed by atoms with E-state index < -0.39 is 0 Å². The van der Waals surface area contributed by atoms with E-state index in [0.29, 0.717) is 11.5 Å². The minimum Gasteiger partial charge on any atom is -0.338 e. The van der Waals surface area contributed by atoms with Crippen molar-refractivity contribution in [2.24, 2.45) is 5.92 Å². The maximum absolute atomic E-state index is 12.5. The van der Waals surface area contributed by atoms with Gasteiger partial charge in [0.2, 0.25) is 5.56 Å². The summed E-state index contributed by atoms with van der Waals surface area (Å²) in [6.07, 6.45) is 4.79. The lowest BCUT2D eigenvalue weighted by Crippen LogP contribution is -2.41. The molecule has 0 aromatic carbocycles. The predicted octanol–water partition coefficient (Wildman–Crippen LogP) is 1.23. The van der Waals surface area contributed by atoms with Crippen molar-refractivity contribution < 1.29 is 4.79 Å². The molecule has 0 bridgehead atoms. The van der Waals surface area contributed by atoms with Gasteiger partial charge in [0.15, 0.2) is 0 Å². The number of hydrogen-bond donors (Lipinski definition) is 2. The zero-order valence-electron chi connectivity index (χ0n) is 12.0. The van der Waals surface area contributed by atoms with E-state index in [1.807, 2.05) is 4.90 Å². The van der Waals surface area contributed by atoms with Crippen molar-refractivity contribution in [1.29, 1.82) is 0 Å². The minimum atomic E-state index is -0.230. The fourth-order valence-electron chi connectivity index (χ4n) is 2.70. The molecule has 1 unspecified atom stereocenters. The molecule has 1 fully saturated rings. The highest BCUT2D eigenvalue weighted by molar-refractivity contribution is 5.94. The molecule has 2 heterocycles. The number of aromatic amines is 1. The van der Waals surface area contributed by atoms with Gasteiger partial charge in [-0.3, -0.25) is 9.59 Å². The van der Waals surface area contributed by atoms with Crippen LogP contribution in [0.15, 0.2) is 23.1 Å². The summed E-state index contributed by atoms with van der Waals surface area (Å²) < 4.78 is 0. The van der Waals surface area contributed by atoms with Crippen LogP contribution >= 0.6 is 0 Å². The Morgan fingerprint density at radius 1 is 1.50 bits per heavy atom. The Balaban J connectivity index is 2.06. The van der Waals surface area contributed by atoms with Gasteiger partial charge in [0, 0.05) is 30.9 Å². The number of amides is 1. The number of nitrogens with one attached hydrogen (secondary N) is 2. The standard InChI is InChI=1S/C15H23N3O2/c1-2-8-18(11-12-4-3-6-16-10-12)15(20)13-5-7-17-14(19)9-13/h5,7,9,12,16H,2-4,6,8,10-11H2,1H3,(H,17,19). The first kappa shape index (κ1) is 14.8. The van der Waals surface area contributed by atoms with Crippen molar-refractivity contribution in [2.75, 3.05) is 26.2 Å². The second-order valence-electron chi connectivity index (χ2n) is 5.41. The largest absolute Gasteiger partial charge is 0.338 e. The van der Waals surface area contributed by atoms with E-state index in [1.54, 1.807) is 6.07 Å². The molecule has 0 saturated carbocycles. The zero-order chi connectivity index (χ0) is 14.4. The molecular formula is C15H23N3O2. The number of H-pyrrole nitrogens is 1. The molecule has 5 nitrogen and oxygen atoms in total. The van der Waals surface area contributed by atoms with Crippen molar-refractivity contribution in [3.8, 4) is 0 Å². The molecule has 2 rings (SSSR count). The molecule has 1 amide bonds. The van der Waals surface area contributed by atoms with E-state index in [0.717, 1.165) is 39.0 Å². The average Bonchev–Trinajstić information content (AvgIpc) is 2.47. The van der Waals surface area contributed by atoms with Gasteiger partial charge in [0.25, 0.3) is 5.91 Å². The third-order valence-corrected chi connectivity index (χ3v) is 3.68. The first-order chi connectivity index (χ1) is 9.70. The smallest absolute Gasteiger partial charge is 0.254 e. The Kier molecular flexibility index (Phi) is 5.35. The first-order valence-electron chi connectivity index (χ1n) is 7.39. The van der Waals surface area contributed by atoms with E-state index in [9.17, 15) is 9.59 Å². The number of rotatable bonds is 5. The van der Waals surface area contributed by atoms with E-state index in [1.165, 1.54) is 18.7 Å². The van der Waals surface area contributed by atoms with Crippen LogP contribution in [0.25, 0.3) is 0 Å². The van der Waals surface area contributed by atoms with Crippen LogP contribution < -0.4 is 10.9 Å². The second kappa shape index (κ2) is 7.24. The fraction of sp³-hybridized carbons (Fsp3) is 0.600. The minimum absolute atomic E-state index is 0.0384. The van der Waals surface area contributed by atoms with E-state index in [-0.39, 0.29) is 11.5 Å². The van der Waals surface area contributed by atoms with E-state index in [2.05, 4.69) is 17.2 Å². The number of pyridine rings is 1. The Morgan fingerprint density at radius 3 is 3.00 bits per heavy atom. The molecule has 20 heavy (non-hydrogen) atoms. The third-order valence-electron chi connectivity index (χ3n) is 3.68. The number of nitrogens with zero attached hydrogens (tertiary/aromatic N) is 1. The van der Waals surface area contributed by atoms with Gasteiger partial charge in [0.1, 0.15) is 0 Å². The van der Waals surface area contributed by atoms with Gasteiger partial charge in [-0.2, -0.15) is 0 Å². The maximum Gasteiger partial charge on any atom is 0.254 e. The van der Waals surface area contributed by atoms with Crippen LogP contribution in [0.3, 0.4) is 0 Å². The molecule has 1 atom stereocenters. The monoisotopic (exact) mass is 277 g/mol. The summed E-state index contributed by atoms with van der Waals surface area (Å²) in [6, 6.07) is 3.05. The molecule has 1 saturated heterocycles. The van der Waals surface area contributed by atoms with Gasteiger partial charge in [0.05, 0.1) is 0 Å². The molecule has 110 valence electrons. The molecule has 0 radical (unpaired) electrons.